The van der Waals surface area contributed by atoms with Crippen LogP contribution < -0.4 is 5.32 Å². The second-order valence-electron chi connectivity index (χ2n) is 4.06. The topological polar surface area (TPSA) is 42.0 Å². The molecule has 0 saturated carbocycles. The molecule has 88 valence electrons. The van der Waals surface area contributed by atoms with Gasteiger partial charge in [-0.1, -0.05) is 13.0 Å². The normalized spacial score (nSPS) is 14.2. The van der Waals surface area contributed by atoms with Gasteiger partial charge in [0, 0.05) is 17.6 Å². The van der Waals surface area contributed by atoms with Gasteiger partial charge in [-0.2, -0.15) is 0 Å². The molecule has 0 aliphatic carbocycles. The Morgan fingerprint density at radius 1 is 1.50 bits per heavy atom. The molecule has 0 spiro atoms. The van der Waals surface area contributed by atoms with E-state index < -0.39 is 0 Å². The van der Waals surface area contributed by atoms with E-state index in [2.05, 4.69) is 10.3 Å². The van der Waals surface area contributed by atoms with Crippen molar-refractivity contribution in [1.29, 1.82) is 0 Å². The minimum absolute atomic E-state index is 0.0484. The Kier molecular flexibility index (Phi) is 4.74. The molecule has 1 aromatic heterocycles. The summed E-state index contributed by atoms with van der Waals surface area (Å²) >= 11 is 5.73. The summed E-state index contributed by atoms with van der Waals surface area (Å²) in [4.78, 5) is 16.0. The molecule has 1 heterocycles. The van der Waals surface area contributed by atoms with Gasteiger partial charge >= 0.3 is 0 Å². The predicted octanol–water partition coefficient (Wildman–Crippen LogP) is 2.38. The molecule has 0 aliphatic heterocycles. The molecule has 0 radical (unpaired) electrons. The van der Waals surface area contributed by atoms with Gasteiger partial charge in [0.25, 0.3) is 5.91 Å². The van der Waals surface area contributed by atoms with Crippen LogP contribution in [0.3, 0.4) is 0 Å². The minimum Gasteiger partial charge on any atom is -0.348 e. The Bertz CT molecular complexity index is 368. The van der Waals surface area contributed by atoms with E-state index in [1.165, 1.54) is 0 Å². The first-order valence-corrected chi connectivity index (χ1v) is 5.88. The molecule has 0 saturated heterocycles. The lowest BCUT2D eigenvalue weighted by Gasteiger charge is -2.18. The van der Waals surface area contributed by atoms with Crippen molar-refractivity contribution >= 4 is 17.5 Å². The van der Waals surface area contributed by atoms with Crippen LogP contribution in [0.15, 0.2) is 18.2 Å². The summed E-state index contributed by atoms with van der Waals surface area (Å²) in [6.07, 6.45) is 0. The maximum atomic E-state index is 11.8. The zero-order chi connectivity index (χ0) is 12.1. The summed E-state index contributed by atoms with van der Waals surface area (Å²) in [5.74, 6) is 0.631. The summed E-state index contributed by atoms with van der Waals surface area (Å²) in [7, 11) is 0. The number of hydrogen-bond acceptors (Lipinski definition) is 2. The van der Waals surface area contributed by atoms with Gasteiger partial charge in [-0.3, -0.25) is 4.79 Å². The SMILES string of the molecule is Cc1cccc(C(=O)NC(C)C(C)CCl)n1. The monoisotopic (exact) mass is 240 g/mol. The summed E-state index contributed by atoms with van der Waals surface area (Å²) in [5.41, 5.74) is 1.29. The first-order chi connectivity index (χ1) is 7.54. The van der Waals surface area contributed by atoms with Gasteiger partial charge in [-0.05, 0) is 31.9 Å². The number of carbonyl (C=O) groups excluding carboxylic acids is 1. The molecule has 0 fully saturated rings. The van der Waals surface area contributed by atoms with Gasteiger partial charge < -0.3 is 5.32 Å². The summed E-state index contributed by atoms with van der Waals surface area (Å²) in [5, 5.41) is 2.89. The third-order valence-electron chi connectivity index (χ3n) is 2.58. The number of carbonyl (C=O) groups is 1. The van der Waals surface area contributed by atoms with Crippen molar-refractivity contribution < 1.29 is 4.79 Å². The summed E-state index contributed by atoms with van der Waals surface area (Å²) in [6.45, 7) is 5.81. The minimum atomic E-state index is -0.145. The van der Waals surface area contributed by atoms with Crippen LogP contribution in [0, 0.1) is 12.8 Å². The van der Waals surface area contributed by atoms with Crippen LogP contribution >= 0.6 is 11.6 Å². The number of nitrogens with zero attached hydrogens (tertiary/aromatic N) is 1. The van der Waals surface area contributed by atoms with Gasteiger partial charge in [-0.25, -0.2) is 4.98 Å². The van der Waals surface area contributed by atoms with Crippen LogP contribution in [0.2, 0.25) is 0 Å². The fraction of sp³-hybridized carbons (Fsp3) is 0.500. The Labute approximate surface area is 101 Å². The molecule has 2 unspecified atom stereocenters. The molecular formula is C12H17ClN2O. The number of amides is 1. The third kappa shape index (κ3) is 3.49. The van der Waals surface area contributed by atoms with Gasteiger partial charge in [0.1, 0.15) is 5.69 Å². The van der Waals surface area contributed by atoms with Crippen molar-refractivity contribution in [1.82, 2.24) is 10.3 Å². The van der Waals surface area contributed by atoms with Crippen LogP contribution in [0.5, 0.6) is 0 Å². The number of pyridine rings is 1. The van der Waals surface area contributed by atoms with Gasteiger partial charge in [0.2, 0.25) is 0 Å². The van der Waals surface area contributed by atoms with Crippen LogP contribution in [0.25, 0.3) is 0 Å². The highest BCUT2D eigenvalue weighted by Gasteiger charge is 2.15. The molecule has 0 bridgehead atoms. The van der Waals surface area contributed by atoms with Gasteiger partial charge in [-0.15, -0.1) is 11.6 Å². The van der Waals surface area contributed by atoms with Crippen LogP contribution in [0.4, 0.5) is 0 Å². The van der Waals surface area contributed by atoms with Gasteiger partial charge in [0.15, 0.2) is 0 Å². The number of aryl methyl sites for hydroxylation is 1. The quantitative estimate of drug-likeness (QED) is 0.822. The van der Waals surface area contributed by atoms with Gasteiger partial charge in [0.05, 0.1) is 0 Å². The second-order valence-corrected chi connectivity index (χ2v) is 4.37. The molecule has 2 atom stereocenters. The lowest BCUT2D eigenvalue weighted by molar-refractivity contribution is 0.0925. The Balaban J connectivity index is 2.66. The maximum Gasteiger partial charge on any atom is 0.270 e. The van der Waals surface area contributed by atoms with Crippen molar-refractivity contribution in [3.63, 3.8) is 0 Å². The van der Waals surface area contributed by atoms with E-state index in [1.54, 1.807) is 6.07 Å². The number of hydrogen-bond donors (Lipinski definition) is 1. The zero-order valence-corrected chi connectivity index (χ0v) is 10.6. The van der Waals surface area contributed by atoms with Crippen molar-refractivity contribution in [2.24, 2.45) is 5.92 Å². The summed E-state index contributed by atoms with van der Waals surface area (Å²) < 4.78 is 0. The lowest BCUT2D eigenvalue weighted by Crippen LogP contribution is -2.38. The number of alkyl halides is 1. The highest BCUT2D eigenvalue weighted by atomic mass is 35.5. The molecule has 1 rings (SSSR count). The largest absolute Gasteiger partial charge is 0.348 e. The highest BCUT2D eigenvalue weighted by Crippen LogP contribution is 2.06. The van der Waals surface area contributed by atoms with E-state index >= 15 is 0 Å². The van der Waals surface area contributed by atoms with Crippen molar-refractivity contribution in [2.75, 3.05) is 5.88 Å². The fourth-order valence-electron chi connectivity index (χ4n) is 1.23. The Morgan fingerprint density at radius 2 is 2.19 bits per heavy atom. The molecule has 4 heteroatoms. The van der Waals surface area contributed by atoms with Crippen molar-refractivity contribution in [3.05, 3.63) is 29.6 Å². The van der Waals surface area contributed by atoms with Crippen molar-refractivity contribution in [3.8, 4) is 0 Å². The molecule has 3 nitrogen and oxygen atoms in total. The summed E-state index contributed by atoms with van der Waals surface area (Å²) in [6, 6.07) is 5.45. The van der Waals surface area contributed by atoms with E-state index in [0.717, 1.165) is 5.69 Å². The highest BCUT2D eigenvalue weighted by molar-refractivity contribution is 6.18. The third-order valence-corrected chi connectivity index (χ3v) is 3.06. The second kappa shape index (κ2) is 5.85. The maximum absolute atomic E-state index is 11.8. The number of aromatic nitrogens is 1. The standard InChI is InChI=1S/C12H17ClN2O/c1-8(7-13)10(3)15-12(16)11-6-4-5-9(2)14-11/h4-6,8,10H,7H2,1-3H3,(H,15,16). The molecule has 1 N–H and O–H groups in total. The number of rotatable bonds is 4. The number of halogens is 1. The van der Waals surface area contributed by atoms with Crippen molar-refractivity contribution in [2.45, 2.75) is 26.8 Å². The van der Waals surface area contributed by atoms with E-state index in [4.69, 9.17) is 11.6 Å². The molecule has 1 aromatic rings. The van der Waals surface area contributed by atoms with E-state index in [-0.39, 0.29) is 17.9 Å². The fourth-order valence-corrected chi connectivity index (χ4v) is 1.49. The molecular weight excluding hydrogens is 224 g/mol. The van der Waals surface area contributed by atoms with Crippen LogP contribution in [-0.4, -0.2) is 22.8 Å². The smallest absolute Gasteiger partial charge is 0.270 e. The average molecular weight is 241 g/mol. The van der Waals surface area contributed by atoms with E-state index in [0.29, 0.717) is 11.6 Å². The molecule has 16 heavy (non-hydrogen) atoms. The first-order valence-electron chi connectivity index (χ1n) is 5.35. The van der Waals surface area contributed by atoms with Crippen LogP contribution in [-0.2, 0) is 0 Å². The molecule has 0 aliphatic rings. The van der Waals surface area contributed by atoms with E-state index in [1.807, 2.05) is 32.9 Å². The molecule has 1 amide bonds. The first kappa shape index (κ1) is 13.0. The Hall–Kier alpha value is -1.09. The average Bonchev–Trinajstić information content (AvgIpc) is 2.27. The van der Waals surface area contributed by atoms with E-state index in [9.17, 15) is 4.79 Å². The predicted molar refractivity (Wildman–Crippen MR) is 65.8 cm³/mol. The number of nitrogens with one attached hydrogen (secondary N) is 1. The lowest BCUT2D eigenvalue weighted by atomic mass is 10.1. The zero-order valence-electron chi connectivity index (χ0n) is 9.83. The van der Waals surface area contributed by atoms with Crippen LogP contribution in [0.1, 0.15) is 30.0 Å². The molecule has 0 aromatic carbocycles. The Morgan fingerprint density at radius 3 is 2.75 bits per heavy atom.